The summed E-state index contributed by atoms with van der Waals surface area (Å²) in [5.74, 6) is 1.01. The Labute approximate surface area is 163 Å². The molecule has 0 aromatic rings. The van der Waals surface area contributed by atoms with Crippen LogP contribution in [-0.2, 0) is 9.53 Å². The third-order valence-electron chi connectivity index (χ3n) is 4.87. The number of halogens is 1. The van der Waals surface area contributed by atoms with Crippen LogP contribution in [-0.4, -0.2) is 74.1 Å². The smallest absolute Gasteiger partial charge is 0.309 e. The second-order valence-electron chi connectivity index (χ2n) is 6.48. The number of nitrogens with one attached hydrogen (secondary N) is 1. The minimum absolute atomic E-state index is 0. The summed E-state index contributed by atoms with van der Waals surface area (Å²) in [7, 11) is 2.19. The van der Waals surface area contributed by atoms with Crippen molar-refractivity contribution in [2.24, 2.45) is 10.9 Å². The highest BCUT2D eigenvalue weighted by Gasteiger charge is 2.27. The van der Waals surface area contributed by atoms with Crippen LogP contribution in [0.1, 0.15) is 39.5 Å². The van der Waals surface area contributed by atoms with Crippen molar-refractivity contribution in [2.75, 3.05) is 46.4 Å². The first-order valence-corrected chi connectivity index (χ1v) is 9.05. The topological polar surface area (TPSA) is 57.2 Å². The molecule has 2 aliphatic heterocycles. The van der Waals surface area contributed by atoms with Crippen LogP contribution in [0.5, 0.6) is 0 Å². The molecule has 2 rings (SSSR count). The summed E-state index contributed by atoms with van der Waals surface area (Å²) < 4.78 is 5.14. The lowest BCUT2D eigenvalue weighted by Gasteiger charge is -2.33. The highest BCUT2D eigenvalue weighted by atomic mass is 127. The van der Waals surface area contributed by atoms with Gasteiger partial charge in [0.2, 0.25) is 0 Å². The molecule has 2 aliphatic rings. The van der Waals surface area contributed by atoms with E-state index in [0.717, 1.165) is 45.0 Å². The number of piperidine rings is 1. The Morgan fingerprint density at radius 1 is 1.21 bits per heavy atom. The van der Waals surface area contributed by atoms with Crippen LogP contribution in [0.25, 0.3) is 0 Å². The van der Waals surface area contributed by atoms with Crippen LogP contribution in [0.15, 0.2) is 4.99 Å². The lowest BCUT2D eigenvalue weighted by Crippen LogP contribution is -2.47. The van der Waals surface area contributed by atoms with Crippen LogP contribution in [0.2, 0.25) is 0 Å². The Hall–Kier alpha value is -0.570. The Morgan fingerprint density at radius 3 is 2.46 bits per heavy atom. The lowest BCUT2D eigenvalue weighted by atomic mass is 9.97. The second kappa shape index (κ2) is 11.1. The van der Waals surface area contributed by atoms with Crippen molar-refractivity contribution >= 4 is 35.9 Å². The van der Waals surface area contributed by atoms with Crippen molar-refractivity contribution < 1.29 is 9.53 Å². The number of likely N-dealkylation sites (tertiary alicyclic amines) is 2. The highest BCUT2D eigenvalue weighted by Crippen LogP contribution is 2.19. The molecule has 7 heteroatoms. The van der Waals surface area contributed by atoms with Crippen LogP contribution >= 0.6 is 24.0 Å². The fourth-order valence-electron chi connectivity index (χ4n) is 3.41. The van der Waals surface area contributed by atoms with Gasteiger partial charge in [0.25, 0.3) is 0 Å². The van der Waals surface area contributed by atoms with E-state index in [1.807, 2.05) is 6.92 Å². The maximum absolute atomic E-state index is 11.8. The summed E-state index contributed by atoms with van der Waals surface area (Å²) >= 11 is 0. The fraction of sp³-hybridized carbons (Fsp3) is 0.882. The second-order valence-corrected chi connectivity index (χ2v) is 6.48. The maximum Gasteiger partial charge on any atom is 0.309 e. The SMILES string of the molecule is CCNC(=NCC1CCCN1C)N1CCC(C(=O)OCC)CC1.I. The molecule has 1 N–H and O–H groups in total. The van der Waals surface area contributed by atoms with Gasteiger partial charge in [0.1, 0.15) is 0 Å². The quantitative estimate of drug-likeness (QED) is 0.299. The number of carbonyl (C=O) groups excluding carboxylic acids is 1. The van der Waals surface area contributed by atoms with E-state index in [4.69, 9.17) is 9.73 Å². The molecule has 0 aliphatic carbocycles. The number of likely N-dealkylation sites (N-methyl/N-ethyl adjacent to an activating group) is 1. The number of nitrogens with zero attached hydrogens (tertiary/aromatic N) is 3. The average Bonchev–Trinajstić information content (AvgIpc) is 2.97. The fourth-order valence-corrected chi connectivity index (χ4v) is 3.41. The number of hydrogen-bond acceptors (Lipinski definition) is 4. The molecule has 140 valence electrons. The Balaban J connectivity index is 0.00000288. The molecule has 0 saturated carbocycles. The molecule has 1 unspecified atom stereocenters. The van der Waals surface area contributed by atoms with Gasteiger partial charge in [-0.15, -0.1) is 24.0 Å². The van der Waals surface area contributed by atoms with Gasteiger partial charge >= 0.3 is 5.97 Å². The molecule has 2 saturated heterocycles. The maximum atomic E-state index is 11.8. The predicted octanol–water partition coefficient (Wildman–Crippen LogP) is 1.94. The summed E-state index contributed by atoms with van der Waals surface area (Å²) in [4.78, 5) is 21.4. The summed E-state index contributed by atoms with van der Waals surface area (Å²) in [6.45, 7) is 9.09. The highest BCUT2D eigenvalue weighted by molar-refractivity contribution is 14.0. The van der Waals surface area contributed by atoms with Crippen molar-refractivity contribution in [3.05, 3.63) is 0 Å². The summed E-state index contributed by atoms with van der Waals surface area (Å²) in [6.07, 6.45) is 4.22. The van der Waals surface area contributed by atoms with Crippen molar-refractivity contribution in [1.82, 2.24) is 15.1 Å². The van der Waals surface area contributed by atoms with E-state index in [9.17, 15) is 4.79 Å². The molecule has 0 aromatic heterocycles. The molecule has 6 nitrogen and oxygen atoms in total. The van der Waals surface area contributed by atoms with E-state index >= 15 is 0 Å². The average molecular weight is 452 g/mol. The van der Waals surface area contributed by atoms with E-state index < -0.39 is 0 Å². The van der Waals surface area contributed by atoms with Crippen molar-refractivity contribution in [3.8, 4) is 0 Å². The summed E-state index contributed by atoms with van der Waals surface area (Å²) in [5, 5.41) is 3.40. The zero-order chi connectivity index (χ0) is 16.7. The van der Waals surface area contributed by atoms with Crippen LogP contribution in [0.3, 0.4) is 0 Å². The Kier molecular flexibility index (Phi) is 9.95. The van der Waals surface area contributed by atoms with E-state index in [1.165, 1.54) is 19.4 Å². The van der Waals surface area contributed by atoms with Crippen molar-refractivity contribution in [3.63, 3.8) is 0 Å². The lowest BCUT2D eigenvalue weighted by molar-refractivity contribution is -0.149. The van der Waals surface area contributed by atoms with Gasteiger partial charge in [-0.25, -0.2) is 0 Å². The molecular formula is C17H33IN4O2. The third-order valence-corrected chi connectivity index (χ3v) is 4.87. The molecule has 0 bridgehead atoms. The number of aliphatic imine (C=N–C) groups is 1. The Morgan fingerprint density at radius 2 is 1.92 bits per heavy atom. The van der Waals surface area contributed by atoms with Gasteiger partial charge < -0.3 is 19.9 Å². The zero-order valence-electron chi connectivity index (χ0n) is 15.3. The molecule has 2 fully saturated rings. The van der Waals surface area contributed by atoms with Crippen LogP contribution in [0, 0.1) is 5.92 Å². The van der Waals surface area contributed by atoms with Gasteiger partial charge in [-0.2, -0.15) is 0 Å². The monoisotopic (exact) mass is 452 g/mol. The minimum atomic E-state index is -0.0401. The summed E-state index contributed by atoms with van der Waals surface area (Å²) in [6, 6.07) is 0.570. The first-order valence-electron chi connectivity index (χ1n) is 9.05. The predicted molar refractivity (Wildman–Crippen MR) is 108 cm³/mol. The first kappa shape index (κ1) is 21.5. The van der Waals surface area contributed by atoms with Crippen LogP contribution < -0.4 is 5.32 Å². The summed E-state index contributed by atoms with van der Waals surface area (Å²) in [5.41, 5.74) is 0. The van der Waals surface area contributed by atoms with Gasteiger partial charge in [-0.05, 0) is 53.1 Å². The molecule has 24 heavy (non-hydrogen) atoms. The number of ether oxygens (including phenoxy) is 1. The van der Waals surface area contributed by atoms with Gasteiger partial charge in [-0.3, -0.25) is 9.79 Å². The van der Waals surface area contributed by atoms with Gasteiger partial charge in [-0.1, -0.05) is 0 Å². The van der Waals surface area contributed by atoms with E-state index in [-0.39, 0.29) is 35.9 Å². The van der Waals surface area contributed by atoms with Gasteiger partial charge in [0.05, 0.1) is 19.1 Å². The third kappa shape index (κ3) is 6.06. The van der Waals surface area contributed by atoms with Crippen molar-refractivity contribution in [1.29, 1.82) is 0 Å². The number of hydrogen-bond donors (Lipinski definition) is 1. The molecular weight excluding hydrogens is 419 g/mol. The van der Waals surface area contributed by atoms with Crippen LogP contribution in [0.4, 0.5) is 0 Å². The van der Waals surface area contributed by atoms with E-state index in [2.05, 4.69) is 29.1 Å². The number of guanidine groups is 1. The molecule has 1 atom stereocenters. The van der Waals surface area contributed by atoms with Crippen molar-refractivity contribution in [2.45, 2.75) is 45.6 Å². The standard InChI is InChI=1S/C17H32N4O2.HI/c1-4-18-17(19-13-15-7-6-10-20(15)3)21-11-8-14(9-12-21)16(22)23-5-2;/h14-15H,4-13H2,1-3H3,(H,18,19);1H. The molecule has 0 spiro atoms. The number of esters is 1. The zero-order valence-corrected chi connectivity index (χ0v) is 17.6. The molecule has 0 aromatic carbocycles. The number of carbonyl (C=O) groups is 1. The van der Waals surface area contributed by atoms with Gasteiger partial charge in [0, 0.05) is 25.7 Å². The van der Waals surface area contributed by atoms with E-state index in [1.54, 1.807) is 0 Å². The molecule has 0 amide bonds. The number of rotatable bonds is 5. The largest absolute Gasteiger partial charge is 0.466 e. The first-order chi connectivity index (χ1) is 11.2. The van der Waals surface area contributed by atoms with Gasteiger partial charge in [0.15, 0.2) is 5.96 Å². The minimum Gasteiger partial charge on any atom is -0.466 e. The molecule has 2 heterocycles. The Bertz CT molecular complexity index is 411. The normalized spacial score (nSPS) is 23.0. The van der Waals surface area contributed by atoms with E-state index in [0.29, 0.717) is 12.6 Å². The molecule has 0 radical (unpaired) electrons.